The Morgan fingerprint density at radius 1 is 1.31 bits per heavy atom. The molecule has 16 heavy (non-hydrogen) atoms. The van der Waals surface area contributed by atoms with Crippen molar-refractivity contribution < 1.29 is 24.9 Å². The highest BCUT2D eigenvalue weighted by Crippen LogP contribution is 2.06. The van der Waals surface area contributed by atoms with Crippen molar-refractivity contribution in [3.63, 3.8) is 0 Å². The summed E-state index contributed by atoms with van der Waals surface area (Å²) in [5.41, 5.74) is -1.34. The summed E-state index contributed by atoms with van der Waals surface area (Å²) in [6, 6.07) is 0. The first-order valence-electron chi connectivity index (χ1n) is 5.16. The van der Waals surface area contributed by atoms with E-state index in [1.54, 1.807) is 7.11 Å². The summed E-state index contributed by atoms with van der Waals surface area (Å²) in [5, 5.41) is 29.4. The second-order valence-electron chi connectivity index (χ2n) is 4.07. The number of nitrogens with one attached hydrogen (secondary N) is 1. The molecule has 0 aliphatic carbocycles. The third kappa shape index (κ3) is 4.89. The molecule has 4 N–H and O–H groups in total. The van der Waals surface area contributed by atoms with Gasteiger partial charge in [-0.1, -0.05) is 6.92 Å². The van der Waals surface area contributed by atoms with Crippen molar-refractivity contribution in [1.29, 1.82) is 0 Å². The molecule has 6 heteroatoms. The van der Waals surface area contributed by atoms with Gasteiger partial charge in [-0.15, -0.1) is 0 Å². The molecule has 0 saturated heterocycles. The Morgan fingerprint density at radius 3 is 2.19 bits per heavy atom. The van der Waals surface area contributed by atoms with Gasteiger partial charge in [0.15, 0.2) is 0 Å². The Labute approximate surface area is 95.2 Å². The summed E-state index contributed by atoms with van der Waals surface area (Å²) in [4.78, 5) is 11.5. The van der Waals surface area contributed by atoms with E-state index in [4.69, 9.17) is 20.1 Å². The summed E-state index contributed by atoms with van der Waals surface area (Å²) >= 11 is 0. The van der Waals surface area contributed by atoms with Crippen LogP contribution in [0.3, 0.4) is 0 Å². The van der Waals surface area contributed by atoms with Crippen LogP contribution in [0.1, 0.15) is 13.3 Å². The maximum atomic E-state index is 11.5. The quantitative estimate of drug-likeness (QED) is 0.410. The summed E-state index contributed by atoms with van der Waals surface area (Å²) in [6.07, 6.45) is 0.218. The minimum Gasteiger partial charge on any atom is -0.394 e. The van der Waals surface area contributed by atoms with Crippen molar-refractivity contribution in [2.24, 2.45) is 5.92 Å². The SMILES string of the molecule is COCC(C)CC(=O)NC(CO)(CO)CO. The predicted molar refractivity (Wildman–Crippen MR) is 57.8 cm³/mol. The fourth-order valence-electron chi connectivity index (χ4n) is 1.28. The van der Waals surface area contributed by atoms with Crippen molar-refractivity contribution in [1.82, 2.24) is 5.32 Å². The molecule has 0 rings (SSSR count). The van der Waals surface area contributed by atoms with Crippen LogP contribution in [0.4, 0.5) is 0 Å². The summed E-state index contributed by atoms with van der Waals surface area (Å²) in [7, 11) is 1.55. The molecule has 0 aromatic rings. The second kappa shape index (κ2) is 7.56. The lowest BCUT2D eigenvalue weighted by Gasteiger charge is -2.29. The number of carbonyl (C=O) groups excluding carboxylic acids is 1. The van der Waals surface area contributed by atoms with E-state index in [2.05, 4.69) is 5.32 Å². The van der Waals surface area contributed by atoms with Crippen LogP contribution in [-0.4, -0.2) is 60.3 Å². The molecule has 96 valence electrons. The van der Waals surface area contributed by atoms with Gasteiger partial charge >= 0.3 is 0 Å². The van der Waals surface area contributed by atoms with E-state index in [9.17, 15) is 4.79 Å². The van der Waals surface area contributed by atoms with Crippen LogP contribution in [-0.2, 0) is 9.53 Å². The first-order chi connectivity index (χ1) is 7.53. The van der Waals surface area contributed by atoms with Gasteiger partial charge in [-0.2, -0.15) is 0 Å². The Morgan fingerprint density at radius 2 is 1.81 bits per heavy atom. The van der Waals surface area contributed by atoms with Gasteiger partial charge in [-0.25, -0.2) is 0 Å². The molecule has 0 fully saturated rings. The first kappa shape index (κ1) is 15.3. The average molecular weight is 235 g/mol. The third-order valence-corrected chi connectivity index (χ3v) is 2.30. The lowest BCUT2D eigenvalue weighted by Crippen LogP contribution is -2.57. The smallest absolute Gasteiger partial charge is 0.221 e. The zero-order valence-electron chi connectivity index (χ0n) is 9.77. The van der Waals surface area contributed by atoms with E-state index < -0.39 is 25.4 Å². The van der Waals surface area contributed by atoms with Gasteiger partial charge in [0.05, 0.1) is 19.8 Å². The van der Waals surface area contributed by atoms with E-state index in [0.717, 1.165) is 0 Å². The molecule has 1 amide bonds. The molecular weight excluding hydrogens is 214 g/mol. The molecule has 0 saturated carbocycles. The molecule has 0 radical (unpaired) electrons. The fourth-order valence-corrected chi connectivity index (χ4v) is 1.28. The van der Waals surface area contributed by atoms with Gasteiger partial charge in [0, 0.05) is 20.1 Å². The number of ether oxygens (including phenoxy) is 1. The van der Waals surface area contributed by atoms with E-state index in [0.29, 0.717) is 6.61 Å². The topological polar surface area (TPSA) is 99.0 Å². The molecule has 0 aliphatic rings. The molecule has 1 atom stereocenters. The van der Waals surface area contributed by atoms with Gasteiger partial charge < -0.3 is 25.4 Å². The molecule has 0 aromatic heterocycles. The van der Waals surface area contributed by atoms with E-state index >= 15 is 0 Å². The van der Waals surface area contributed by atoms with Crippen molar-refractivity contribution >= 4 is 5.91 Å². The highest BCUT2D eigenvalue weighted by Gasteiger charge is 2.30. The highest BCUT2D eigenvalue weighted by atomic mass is 16.5. The monoisotopic (exact) mass is 235 g/mol. The second-order valence-corrected chi connectivity index (χ2v) is 4.07. The van der Waals surface area contributed by atoms with Gasteiger partial charge in [-0.3, -0.25) is 4.79 Å². The van der Waals surface area contributed by atoms with E-state index in [1.165, 1.54) is 0 Å². The van der Waals surface area contributed by atoms with Gasteiger partial charge in [-0.05, 0) is 5.92 Å². The minimum atomic E-state index is -1.34. The van der Waals surface area contributed by atoms with Crippen molar-refractivity contribution in [3.8, 4) is 0 Å². The van der Waals surface area contributed by atoms with Crippen LogP contribution in [0.5, 0.6) is 0 Å². The number of carbonyl (C=O) groups is 1. The maximum Gasteiger partial charge on any atom is 0.221 e. The molecule has 0 aromatic carbocycles. The van der Waals surface area contributed by atoms with Gasteiger partial charge in [0.2, 0.25) is 5.91 Å². The van der Waals surface area contributed by atoms with Crippen LogP contribution in [0.2, 0.25) is 0 Å². The van der Waals surface area contributed by atoms with Crippen molar-refractivity contribution in [2.75, 3.05) is 33.5 Å². The molecule has 6 nitrogen and oxygen atoms in total. The summed E-state index contributed by atoms with van der Waals surface area (Å²) in [5.74, 6) is -0.291. The fraction of sp³-hybridized carbons (Fsp3) is 0.900. The number of amides is 1. The standard InChI is InChI=1S/C10H21NO5/c1-8(4-16-2)3-9(15)11-10(5-12,6-13)7-14/h8,12-14H,3-7H2,1-2H3,(H,11,15). The summed E-state index contributed by atoms with van der Waals surface area (Å²) < 4.78 is 4.89. The lowest BCUT2D eigenvalue weighted by molar-refractivity contribution is -0.126. The number of methoxy groups -OCH3 is 1. The van der Waals surface area contributed by atoms with Crippen LogP contribution in [0.25, 0.3) is 0 Å². The maximum absolute atomic E-state index is 11.5. The van der Waals surface area contributed by atoms with Crippen LogP contribution in [0.15, 0.2) is 0 Å². The predicted octanol–water partition coefficient (Wildman–Crippen LogP) is -1.51. The molecule has 1 unspecified atom stereocenters. The lowest BCUT2D eigenvalue weighted by atomic mass is 10.0. The minimum absolute atomic E-state index is 0.0405. The van der Waals surface area contributed by atoms with E-state index in [-0.39, 0.29) is 18.2 Å². The number of aliphatic hydroxyl groups excluding tert-OH is 3. The van der Waals surface area contributed by atoms with Crippen LogP contribution in [0, 0.1) is 5.92 Å². The third-order valence-electron chi connectivity index (χ3n) is 2.30. The molecule has 0 bridgehead atoms. The first-order valence-corrected chi connectivity index (χ1v) is 5.16. The Balaban J connectivity index is 4.20. The number of aliphatic hydroxyl groups is 3. The highest BCUT2D eigenvalue weighted by molar-refractivity contribution is 5.77. The normalized spacial score (nSPS) is 13.6. The van der Waals surface area contributed by atoms with Crippen molar-refractivity contribution in [3.05, 3.63) is 0 Å². The van der Waals surface area contributed by atoms with E-state index in [1.807, 2.05) is 6.92 Å². The zero-order chi connectivity index (χ0) is 12.6. The Kier molecular flexibility index (Phi) is 7.24. The number of hydrogen-bond donors (Lipinski definition) is 4. The molecule has 0 spiro atoms. The van der Waals surface area contributed by atoms with Crippen LogP contribution >= 0.6 is 0 Å². The van der Waals surface area contributed by atoms with Gasteiger partial charge in [0.25, 0.3) is 0 Å². The molecule has 0 heterocycles. The molecular formula is C10H21NO5. The summed E-state index contributed by atoms with van der Waals surface area (Å²) in [6.45, 7) is 0.776. The van der Waals surface area contributed by atoms with Crippen LogP contribution < -0.4 is 5.32 Å². The Hall–Kier alpha value is -0.690. The largest absolute Gasteiger partial charge is 0.394 e. The average Bonchev–Trinajstić information content (AvgIpc) is 2.26. The van der Waals surface area contributed by atoms with Gasteiger partial charge in [0.1, 0.15) is 5.54 Å². The number of rotatable bonds is 8. The zero-order valence-corrected chi connectivity index (χ0v) is 9.77. The number of hydrogen-bond acceptors (Lipinski definition) is 5. The molecule has 0 aliphatic heterocycles. The van der Waals surface area contributed by atoms with Crippen molar-refractivity contribution in [2.45, 2.75) is 18.9 Å². The Bertz CT molecular complexity index is 197.